The van der Waals surface area contributed by atoms with Crippen LogP contribution in [0.1, 0.15) is 25.3 Å². The molecule has 1 saturated heterocycles. The molecule has 2 aliphatic heterocycles. The van der Waals surface area contributed by atoms with Gasteiger partial charge in [-0.05, 0) is 37.1 Å². The van der Waals surface area contributed by atoms with Gasteiger partial charge in [0.05, 0.1) is 18.7 Å². The van der Waals surface area contributed by atoms with E-state index in [-0.39, 0.29) is 30.3 Å². The van der Waals surface area contributed by atoms with Crippen molar-refractivity contribution in [1.82, 2.24) is 4.90 Å². The Kier molecular flexibility index (Phi) is 5.43. The minimum atomic E-state index is -1.06. The van der Waals surface area contributed by atoms with Crippen molar-refractivity contribution in [3.8, 4) is 0 Å². The van der Waals surface area contributed by atoms with Gasteiger partial charge >= 0.3 is 6.09 Å². The van der Waals surface area contributed by atoms with E-state index in [0.29, 0.717) is 25.1 Å². The third-order valence-corrected chi connectivity index (χ3v) is 4.70. The predicted molar refractivity (Wildman–Crippen MR) is 97.7 cm³/mol. The topological polar surface area (TPSA) is 110 Å². The highest BCUT2D eigenvalue weighted by molar-refractivity contribution is 5.97. The van der Waals surface area contributed by atoms with Crippen LogP contribution < -0.4 is 10.6 Å². The number of cyclic esters (lactones) is 1. The van der Waals surface area contributed by atoms with E-state index in [1.54, 1.807) is 23.1 Å². The second kappa shape index (κ2) is 7.79. The Hall–Kier alpha value is -3.23. The number of halogens is 1. The minimum Gasteiger partial charge on any atom is -0.434 e. The number of ether oxygens (including phenoxy) is 1. The van der Waals surface area contributed by atoms with Gasteiger partial charge in [-0.15, -0.1) is 0 Å². The van der Waals surface area contributed by atoms with Crippen molar-refractivity contribution in [3.05, 3.63) is 35.7 Å². The first-order chi connectivity index (χ1) is 13.3. The summed E-state index contributed by atoms with van der Waals surface area (Å²) in [5.74, 6) is -1.72. The summed E-state index contributed by atoms with van der Waals surface area (Å²) in [6, 6.07) is 4.32. The summed E-state index contributed by atoms with van der Waals surface area (Å²) in [5, 5.41) is 0. The highest BCUT2D eigenvalue weighted by Gasteiger charge is 2.36. The normalized spacial score (nSPS) is 19.3. The molecule has 9 heteroatoms. The van der Waals surface area contributed by atoms with Crippen LogP contribution in [0, 0.1) is 5.82 Å². The Morgan fingerprint density at radius 1 is 1.32 bits per heavy atom. The number of Topliss-reactive ketones (excluding diaryl/α,β-unsaturated/α-hetero) is 1. The quantitative estimate of drug-likeness (QED) is 0.762. The number of rotatable bonds is 5. The molecular weight excluding hydrogens is 369 g/mol. The number of nitrogens with zero attached hydrogens (tertiary/aromatic N) is 2. The monoisotopic (exact) mass is 389 g/mol. The number of carbonyl (C=O) groups is 4. The molecule has 8 nitrogen and oxygen atoms in total. The fourth-order valence-corrected chi connectivity index (χ4v) is 3.22. The summed E-state index contributed by atoms with van der Waals surface area (Å²) in [6.45, 7) is 2.00. The van der Waals surface area contributed by atoms with Crippen LogP contribution in [0.4, 0.5) is 14.9 Å². The fourth-order valence-electron chi connectivity index (χ4n) is 3.22. The van der Waals surface area contributed by atoms with Gasteiger partial charge in [0.1, 0.15) is 11.6 Å². The van der Waals surface area contributed by atoms with Crippen LogP contribution in [0.15, 0.2) is 24.3 Å². The van der Waals surface area contributed by atoms with E-state index in [0.717, 1.165) is 10.5 Å². The molecule has 1 aromatic rings. The zero-order valence-electron chi connectivity index (χ0n) is 15.3. The predicted octanol–water partition coefficient (Wildman–Crippen LogP) is 1.23. The minimum absolute atomic E-state index is 0.0666. The van der Waals surface area contributed by atoms with Gasteiger partial charge in [0, 0.05) is 18.7 Å². The Morgan fingerprint density at radius 2 is 2.07 bits per heavy atom. The zero-order chi connectivity index (χ0) is 20.4. The van der Waals surface area contributed by atoms with Crippen molar-refractivity contribution in [2.45, 2.75) is 25.9 Å². The average Bonchev–Trinajstić information content (AvgIpc) is 3.03. The zero-order valence-corrected chi connectivity index (χ0v) is 15.3. The van der Waals surface area contributed by atoms with E-state index in [4.69, 9.17) is 10.5 Å². The number of primary amides is 1. The molecule has 3 rings (SSSR count). The second-order valence-electron chi connectivity index (χ2n) is 6.75. The van der Waals surface area contributed by atoms with Crippen molar-refractivity contribution < 1.29 is 28.3 Å². The molecule has 2 heterocycles. The Morgan fingerprint density at radius 3 is 2.61 bits per heavy atom. The lowest BCUT2D eigenvalue weighted by Crippen LogP contribution is -2.35. The van der Waals surface area contributed by atoms with Crippen LogP contribution in [0.3, 0.4) is 0 Å². The Balaban J connectivity index is 1.72. The average molecular weight is 389 g/mol. The number of amides is 3. The van der Waals surface area contributed by atoms with Gasteiger partial charge in [-0.3, -0.25) is 19.3 Å². The first-order valence-corrected chi connectivity index (χ1v) is 8.80. The molecule has 1 atom stereocenters. The molecule has 0 unspecified atom stereocenters. The van der Waals surface area contributed by atoms with Crippen LogP contribution >= 0.6 is 0 Å². The molecule has 3 amide bonds. The van der Waals surface area contributed by atoms with Gasteiger partial charge < -0.3 is 15.4 Å². The van der Waals surface area contributed by atoms with Gasteiger partial charge in [0.2, 0.25) is 5.91 Å². The molecule has 0 bridgehead atoms. The molecule has 1 aromatic carbocycles. The lowest BCUT2D eigenvalue weighted by molar-refractivity contribution is -0.134. The Bertz CT molecular complexity index is 882. The fraction of sp³-hybridized carbons (Fsp3) is 0.368. The number of benzene rings is 1. The molecule has 1 fully saturated rings. The maximum absolute atomic E-state index is 14.7. The summed E-state index contributed by atoms with van der Waals surface area (Å²) < 4.78 is 19.5. The summed E-state index contributed by atoms with van der Waals surface area (Å²) in [4.78, 5) is 48.8. The standard InChI is InChI=1S/C19H20FN3O5/c1-11(24)8-17(25)22-6-4-12(5-7-22)14-3-2-13(9-15(14)20)23-10-16(18(21)26)28-19(23)27/h2-4,9,16H,5-8,10H2,1H3,(H2,21,26)/t16-/m1/s1. The lowest BCUT2D eigenvalue weighted by Gasteiger charge is -2.26. The van der Waals surface area contributed by atoms with Crippen molar-refractivity contribution in [2.24, 2.45) is 5.73 Å². The van der Waals surface area contributed by atoms with Gasteiger partial charge in [-0.1, -0.05) is 6.08 Å². The van der Waals surface area contributed by atoms with Crippen LogP contribution in [0.2, 0.25) is 0 Å². The third kappa shape index (κ3) is 4.03. The van der Waals surface area contributed by atoms with E-state index in [2.05, 4.69) is 0 Å². The van der Waals surface area contributed by atoms with E-state index < -0.39 is 23.9 Å². The van der Waals surface area contributed by atoms with Crippen molar-refractivity contribution in [3.63, 3.8) is 0 Å². The summed E-state index contributed by atoms with van der Waals surface area (Å²) in [6.07, 6.45) is 0.259. The number of nitrogens with two attached hydrogens (primary N) is 1. The van der Waals surface area contributed by atoms with E-state index in [9.17, 15) is 23.6 Å². The summed E-state index contributed by atoms with van der Waals surface area (Å²) in [7, 11) is 0. The number of hydrogen-bond donors (Lipinski definition) is 1. The molecule has 0 aliphatic carbocycles. The summed E-state index contributed by atoms with van der Waals surface area (Å²) in [5.41, 5.74) is 6.53. The molecule has 2 aliphatic rings. The van der Waals surface area contributed by atoms with Gasteiger partial charge in [0.25, 0.3) is 5.91 Å². The number of carbonyl (C=O) groups excluding carboxylic acids is 4. The van der Waals surface area contributed by atoms with E-state index in [1.807, 2.05) is 0 Å². The van der Waals surface area contributed by atoms with Crippen molar-refractivity contribution >= 4 is 35.0 Å². The first-order valence-electron chi connectivity index (χ1n) is 8.80. The molecule has 148 valence electrons. The van der Waals surface area contributed by atoms with Crippen LogP contribution in [-0.2, 0) is 19.1 Å². The van der Waals surface area contributed by atoms with Crippen molar-refractivity contribution in [1.29, 1.82) is 0 Å². The second-order valence-corrected chi connectivity index (χ2v) is 6.75. The van der Waals surface area contributed by atoms with Gasteiger partial charge in [-0.2, -0.15) is 0 Å². The molecule has 0 spiro atoms. The van der Waals surface area contributed by atoms with Gasteiger partial charge in [0.15, 0.2) is 6.10 Å². The summed E-state index contributed by atoms with van der Waals surface area (Å²) >= 11 is 0. The molecule has 2 N–H and O–H groups in total. The molecule has 28 heavy (non-hydrogen) atoms. The third-order valence-electron chi connectivity index (χ3n) is 4.70. The molecule has 0 radical (unpaired) electrons. The van der Waals surface area contributed by atoms with Crippen LogP contribution in [0.5, 0.6) is 0 Å². The first kappa shape index (κ1) is 19.5. The largest absolute Gasteiger partial charge is 0.434 e. The number of ketones is 1. The van der Waals surface area contributed by atoms with Crippen LogP contribution in [-0.4, -0.2) is 54.3 Å². The smallest absolute Gasteiger partial charge is 0.415 e. The highest BCUT2D eigenvalue weighted by Crippen LogP contribution is 2.29. The van der Waals surface area contributed by atoms with Crippen LogP contribution in [0.25, 0.3) is 5.57 Å². The van der Waals surface area contributed by atoms with E-state index >= 15 is 0 Å². The molecule has 0 saturated carbocycles. The highest BCUT2D eigenvalue weighted by atomic mass is 19.1. The Labute approximate surface area is 160 Å². The number of anilines is 1. The maximum Gasteiger partial charge on any atom is 0.415 e. The lowest BCUT2D eigenvalue weighted by atomic mass is 9.98. The molecule has 0 aromatic heterocycles. The van der Waals surface area contributed by atoms with Crippen molar-refractivity contribution in [2.75, 3.05) is 24.5 Å². The molecular formula is C19H20FN3O5. The number of hydrogen-bond acceptors (Lipinski definition) is 5. The SMILES string of the molecule is CC(=O)CC(=O)N1CC=C(c2ccc(N3C[C@H](C(N)=O)OC3=O)cc2F)CC1. The maximum atomic E-state index is 14.7. The van der Waals surface area contributed by atoms with Gasteiger partial charge in [-0.25, -0.2) is 9.18 Å². The van der Waals surface area contributed by atoms with E-state index in [1.165, 1.54) is 13.0 Å².